The van der Waals surface area contributed by atoms with Crippen molar-refractivity contribution < 1.29 is 9.90 Å². The minimum atomic E-state index is -0.208. The van der Waals surface area contributed by atoms with Gasteiger partial charge in [-0.15, -0.1) is 16.4 Å². The minimum absolute atomic E-state index is 0.0179. The summed E-state index contributed by atoms with van der Waals surface area (Å²) in [6, 6.07) is 0. The summed E-state index contributed by atoms with van der Waals surface area (Å²) in [5.74, 6) is -0.208. The van der Waals surface area contributed by atoms with Gasteiger partial charge in [0, 0.05) is 30.8 Å². The molecule has 2 N–H and O–H groups in total. The lowest BCUT2D eigenvalue weighted by Crippen LogP contribution is -2.19. The van der Waals surface area contributed by atoms with Crippen molar-refractivity contribution in [3.63, 3.8) is 0 Å². The number of carbonyl (C=O) groups is 1. The Hall–Kier alpha value is -1.80. The van der Waals surface area contributed by atoms with Gasteiger partial charge in [-0.1, -0.05) is 5.21 Å². The number of aliphatic hydroxyl groups is 1. The van der Waals surface area contributed by atoms with Gasteiger partial charge in [0.25, 0.3) is 0 Å². The Morgan fingerprint density at radius 3 is 3.18 bits per heavy atom. The van der Waals surface area contributed by atoms with Crippen molar-refractivity contribution in [1.82, 2.24) is 20.0 Å². The Morgan fingerprint density at radius 1 is 1.59 bits per heavy atom. The largest absolute Gasteiger partial charge is 0.396 e. The Kier molecular flexibility index (Phi) is 3.78. The number of carbonyl (C=O) groups excluding carboxylic acids is 1. The molecular formula is C9H11N5O2S. The van der Waals surface area contributed by atoms with Crippen molar-refractivity contribution in [2.75, 3.05) is 11.9 Å². The standard InChI is InChI=1S/C9H11N5O2S/c15-3-1-7-5-14(13-12-7)6-8(16)11-9-10-2-4-17-9/h2,4-5,15H,1,3,6H2,(H,10,11,16). The van der Waals surface area contributed by atoms with E-state index in [0.717, 1.165) is 0 Å². The Morgan fingerprint density at radius 2 is 2.47 bits per heavy atom. The molecule has 90 valence electrons. The predicted octanol–water partition coefficient (Wildman–Crippen LogP) is -0.0919. The second kappa shape index (κ2) is 5.51. The molecular weight excluding hydrogens is 242 g/mol. The lowest BCUT2D eigenvalue weighted by Gasteiger charge is -2.00. The van der Waals surface area contributed by atoms with Crippen LogP contribution in [0.3, 0.4) is 0 Å². The van der Waals surface area contributed by atoms with Gasteiger partial charge in [-0.3, -0.25) is 4.79 Å². The van der Waals surface area contributed by atoms with Crippen LogP contribution in [0.2, 0.25) is 0 Å². The number of nitrogens with one attached hydrogen (secondary N) is 1. The first-order valence-corrected chi connectivity index (χ1v) is 5.85. The highest BCUT2D eigenvalue weighted by atomic mass is 32.1. The highest BCUT2D eigenvalue weighted by molar-refractivity contribution is 7.13. The van der Waals surface area contributed by atoms with Crippen LogP contribution in [0.4, 0.5) is 5.13 Å². The molecule has 0 spiro atoms. The van der Waals surface area contributed by atoms with Crippen molar-refractivity contribution >= 4 is 22.4 Å². The molecule has 2 heterocycles. The summed E-state index contributed by atoms with van der Waals surface area (Å²) in [7, 11) is 0. The van der Waals surface area contributed by atoms with Crippen molar-refractivity contribution in [2.24, 2.45) is 0 Å². The molecule has 2 aromatic heterocycles. The molecule has 17 heavy (non-hydrogen) atoms. The zero-order chi connectivity index (χ0) is 12.1. The third kappa shape index (κ3) is 3.33. The molecule has 0 aliphatic rings. The first-order chi connectivity index (χ1) is 8.28. The molecule has 0 saturated heterocycles. The van der Waals surface area contributed by atoms with Gasteiger partial charge in [0.15, 0.2) is 5.13 Å². The van der Waals surface area contributed by atoms with E-state index in [1.807, 2.05) is 0 Å². The number of amides is 1. The number of rotatable bonds is 5. The van der Waals surface area contributed by atoms with Crippen LogP contribution >= 0.6 is 11.3 Å². The van der Waals surface area contributed by atoms with Crippen molar-refractivity contribution in [1.29, 1.82) is 0 Å². The van der Waals surface area contributed by atoms with Gasteiger partial charge in [-0.25, -0.2) is 9.67 Å². The van der Waals surface area contributed by atoms with Crippen molar-refractivity contribution in [3.05, 3.63) is 23.5 Å². The third-order valence-electron chi connectivity index (χ3n) is 1.94. The molecule has 7 nitrogen and oxygen atoms in total. The maximum absolute atomic E-state index is 11.6. The number of nitrogens with zero attached hydrogens (tertiary/aromatic N) is 4. The van der Waals surface area contributed by atoms with Crippen LogP contribution in [-0.4, -0.2) is 37.6 Å². The average Bonchev–Trinajstić information content (AvgIpc) is 2.91. The number of aromatic nitrogens is 4. The van der Waals surface area contributed by atoms with Gasteiger partial charge in [0.05, 0.1) is 5.69 Å². The second-order valence-electron chi connectivity index (χ2n) is 3.27. The zero-order valence-electron chi connectivity index (χ0n) is 8.91. The summed E-state index contributed by atoms with van der Waals surface area (Å²) in [6.07, 6.45) is 3.70. The topological polar surface area (TPSA) is 92.9 Å². The highest BCUT2D eigenvalue weighted by Gasteiger charge is 2.07. The van der Waals surface area contributed by atoms with Crippen LogP contribution in [0.5, 0.6) is 0 Å². The van der Waals surface area contributed by atoms with E-state index in [2.05, 4.69) is 20.6 Å². The molecule has 0 fully saturated rings. The zero-order valence-corrected chi connectivity index (χ0v) is 9.72. The van der Waals surface area contributed by atoms with Crippen molar-refractivity contribution in [2.45, 2.75) is 13.0 Å². The number of thiazole rings is 1. The van der Waals surface area contributed by atoms with Crippen LogP contribution in [0.25, 0.3) is 0 Å². The van der Waals surface area contributed by atoms with E-state index in [9.17, 15) is 4.79 Å². The molecule has 0 atom stereocenters. The summed E-state index contributed by atoms with van der Waals surface area (Å²) in [5, 5.41) is 21.3. The Bertz CT molecular complexity index is 481. The van der Waals surface area contributed by atoms with E-state index in [0.29, 0.717) is 17.2 Å². The van der Waals surface area contributed by atoms with Crippen molar-refractivity contribution in [3.8, 4) is 0 Å². The van der Waals surface area contributed by atoms with E-state index < -0.39 is 0 Å². The Labute approximate surface area is 101 Å². The summed E-state index contributed by atoms with van der Waals surface area (Å²) < 4.78 is 1.42. The van der Waals surface area contributed by atoms with E-state index in [4.69, 9.17) is 5.11 Å². The number of anilines is 1. The molecule has 2 aromatic rings. The van der Waals surface area contributed by atoms with Gasteiger partial charge in [0.2, 0.25) is 5.91 Å². The molecule has 0 saturated carbocycles. The number of hydrogen-bond acceptors (Lipinski definition) is 6. The maximum Gasteiger partial charge on any atom is 0.247 e. The number of aliphatic hydroxyl groups excluding tert-OH is 1. The van der Waals surface area contributed by atoms with Crippen LogP contribution in [0.1, 0.15) is 5.69 Å². The molecule has 0 radical (unpaired) electrons. The molecule has 0 bridgehead atoms. The summed E-state index contributed by atoms with van der Waals surface area (Å²) >= 11 is 1.35. The minimum Gasteiger partial charge on any atom is -0.396 e. The van der Waals surface area contributed by atoms with E-state index in [1.54, 1.807) is 17.8 Å². The van der Waals surface area contributed by atoms with E-state index >= 15 is 0 Å². The Balaban J connectivity index is 1.89. The first kappa shape index (κ1) is 11.7. The third-order valence-corrected chi connectivity index (χ3v) is 2.63. The average molecular weight is 253 g/mol. The molecule has 0 aliphatic heterocycles. The highest BCUT2D eigenvalue weighted by Crippen LogP contribution is 2.09. The molecule has 0 aliphatic carbocycles. The molecule has 8 heteroatoms. The summed E-state index contributed by atoms with van der Waals surface area (Å²) in [4.78, 5) is 15.5. The predicted molar refractivity (Wildman–Crippen MR) is 61.6 cm³/mol. The monoisotopic (exact) mass is 253 g/mol. The number of hydrogen-bond donors (Lipinski definition) is 2. The summed E-state index contributed by atoms with van der Waals surface area (Å²) in [5.41, 5.74) is 0.662. The van der Waals surface area contributed by atoms with Gasteiger partial charge in [-0.2, -0.15) is 0 Å². The van der Waals surface area contributed by atoms with Gasteiger partial charge in [0.1, 0.15) is 6.54 Å². The second-order valence-corrected chi connectivity index (χ2v) is 4.16. The molecule has 2 rings (SSSR count). The first-order valence-electron chi connectivity index (χ1n) is 4.97. The van der Waals surface area contributed by atoms with Crippen LogP contribution in [0, 0.1) is 0 Å². The molecule has 0 unspecified atom stereocenters. The fraction of sp³-hybridized carbons (Fsp3) is 0.333. The maximum atomic E-state index is 11.6. The van der Waals surface area contributed by atoms with E-state index in [1.165, 1.54) is 16.0 Å². The van der Waals surface area contributed by atoms with Crippen LogP contribution < -0.4 is 5.32 Å². The molecule has 1 amide bonds. The SMILES string of the molecule is O=C(Cn1cc(CCO)nn1)Nc1nccs1. The fourth-order valence-electron chi connectivity index (χ4n) is 1.24. The lowest BCUT2D eigenvalue weighted by atomic mass is 10.3. The quantitative estimate of drug-likeness (QED) is 0.776. The molecule has 0 aromatic carbocycles. The summed E-state index contributed by atoms with van der Waals surface area (Å²) in [6.45, 7) is 0.0992. The van der Waals surface area contributed by atoms with Gasteiger partial charge < -0.3 is 10.4 Å². The van der Waals surface area contributed by atoms with Gasteiger partial charge in [-0.05, 0) is 0 Å². The fourth-order valence-corrected chi connectivity index (χ4v) is 1.78. The van der Waals surface area contributed by atoms with Crippen LogP contribution in [0.15, 0.2) is 17.8 Å². The van der Waals surface area contributed by atoms with E-state index in [-0.39, 0.29) is 19.1 Å². The van der Waals surface area contributed by atoms with Gasteiger partial charge >= 0.3 is 0 Å². The lowest BCUT2D eigenvalue weighted by molar-refractivity contribution is -0.116. The van der Waals surface area contributed by atoms with Crippen LogP contribution in [-0.2, 0) is 17.8 Å². The normalized spacial score (nSPS) is 10.4. The smallest absolute Gasteiger partial charge is 0.247 e.